The summed E-state index contributed by atoms with van der Waals surface area (Å²) in [5, 5.41) is 6.22. The van der Waals surface area contributed by atoms with Crippen LogP contribution in [0.4, 0.5) is 0 Å². The van der Waals surface area contributed by atoms with Crippen LogP contribution in [0.2, 0.25) is 0 Å². The summed E-state index contributed by atoms with van der Waals surface area (Å²) < 4.78 is 4.90. The average molecular weight is 240 g/mol. The van der Waals surface area contributed by atoms with Crippen molar-refractivity contribution in [3.05, 3.63) is 16.1 Å². The largest absolute Gasteiger partial charge is 0.461 e. The van der Waals surface area contributed by atoms with Crippen molar-refractivity contribution in [1.29, 1.82) is 0 Å². The van der Waals surface area contributed by atoms with Crippen LogP contribution < -0.4 is 5.32 Å². The summed E-state index contributed by atoms with van der Waals surface area (Å²) >= 11 is 1.54. The number of nitrogens with one attached hydrogen (secondary N) is 1. The Kier molecular flexibility index (Phi) is 3.90. The fraction of sp³-hybridized carbons (Fsp3) is 0.636. The van der Waals surface area contributed by atoms with Crippen LogP contribution in [0.1, 0.15) is 35.3 Å². The SMILES string of the molecule is CCOC(=O)c1csc(CC2CCCN2)n1. The molecule has 1 aliphatic heterocycles. The van der Waals surface area contributed by atoms with Gasteiger partial charge in [0.05, 0.1) is 11.6 Å². The third-order valence-corrected chi connectivity index (χ3v) is 3.49. The minimum Gasteiger partial charge on any atom is -0.461 e. The molecule has 0 amide bonds. The summed E-state index contributed by atoms with van der Waals surface area (Å²) in [7, 11) is 0. The molecule has 16 heavy (non-hydrogen) atoms. The van der Waals surface area contributed by atoms with Gasteiger partial charge in [-0.25, -0.2) is 9.78 Å². The second-order valence-electron chi connectivity index (χ2n) is 3.84. The molecule has 2 rings (SSSR count). The predicted octanol–water partition coefficient (Wildman–Crippen LogP) is 1.61. The maximum atomic E-state index is 11.4. The Morgan fingerprint density at radius 1 is 1.75 bits per heavy atom. The first kappa shape index (κ1) is 11.5. The Morgan fingerprint density at radius 3 is 3.31 bits per heavy atom. The van der Waals surface area contributed by atoms with Crippen molar-refractivity contribution in [2.75, 3.05) is 13.2 Å². The number of rotatable bonds is 4. The van der Waals surface area contributed by atoms with Crippen molar-refractivity contribution >= 4 is 17.3 Å². The Hall–Kier alpha value is -0.940. The minimum atomic E-state index is -0.315. The molecule has 0 aromatic carbocycles. The molecular weight excluding hydrogens is 224 g/mol. The number of esters is 1. The topological polar surface area (TPSA) is 51.2 Å². The van der Waals surface area contributed by atoms with Gasteiger partial charge >= 0.3 is 5.97 Å². The van der Waals surface area contributed by atoms with Crippen molar-refractivity contribution in [3.63, 3.8) is 0 Å². The third kappa shape index (κ3) is 2.80. The number of ether oxygens (including phenoxy) is 1. The van der Waals surface area contributed by atoms with Gasteiger partial charge in [0, 0.05) is 17.8 Å². The van der Waals surface area contributed by atoms with Gasteiger partial charge in [0.2, 0.25) is 0 Å². The van der Waals surface area contributed by atoms with E-state index in [0.717, 1.165) is 18.0 Å². The summed E-state index contributed by atoms with van der Waals surface area (Å²) in [6.07, 6.45) is 3.36. The third-order valence-electron chi connectivity index (χ3n) is 2.62. The average Bonchev–Trinajstić information content (AvgIpc) is 2.90. The summed E-state index contributed by atoms with van der Waals surface area (Å²) in [5.74, 6) is -0.315. The first-order chi connectivity index (χ1) is 7.79. The Labute approximate surface area is 99.0 Å². The summed E-state index contributed by atoms with van der Waals surface area (Å²) in [4.78, 5) is 15.7. The standard InChI is InChI=1S/C11H16N2O2S/c1-2-15-11(14)9-7-16-10(13-9)6-8-4-3-5-12-8/h7-8,12H,2-6H2,1H3. The number of hydrogen-bond acceptors (Lipinski definition) is 5. The van der Waals surface area contributed by atoms with Gasteiger partial charge in [0.25, 0.3) is 0 Å². The smallest absolute Gasteiger partial charge is 0.357 e. The van der Waals surface area contributed by atoms with Gasteiger partial charge in [-0.05, 0) is 26.3 Å². The highest BCUT2D eigenvalue weighted by Gasteiger charge is 2.17. The van der Waals surface area contributed by atoms with E-state index in [4.69, 9.17) is 4.74 Å². The van der Waals surface area contributed by atoms with E-state index < -0.39 is 0 Å². The number of nitrogens with zero attached hydrogens (tertiary/aromatic N) is 1. The minimum absolute atomic E-state index is 0.315. The van der Waals surface area contributed by atoms with E-state index in [1.54, 1.807) is 12.3 Å². The van der Waals surface area contributed by atoms with Crippen molar-refractivity contribution in [2.24, 2.45) is 0 Å². The maximum absolute atomic E-state index is 11.4. The van der Waals surface area contributed by atoms with Gasteiger partial charge in [-0.2, -0.15) is 0 Å². The fourth-order valence-corrected chi connectivity index (χ4v) is 2.69. The zero-order valence-electron chi connectivity index (χ0n) is 9.36. The molecule has 88 valence electrons. The quantitative estimate of drug-likeness (QED) is 0.812. The molecule has 1 aliphatic rings. The second-order valence-corrected chi connectivity index (χ2v) is 4.79. The zero-order chi connectivity index (χ0) is 11.4. The van der Waals surface area contributed by atoms with Gasteiger partial charge in [0.1, 0.15) is 0 Å². The molecule has 1 aromatic rings. The predicted molar refractivity (Wildman–Crippen MR) is 62.8 cm³/mol. The van der Waals surface area contributed by atoms with E-state index in [9.17, 15) is 4.79 Å². The van der Waals surface area contributed by atoms with Crippen molar-refractivity contribution in [1.82, 2.24) is 10.3 Å². The van der Waals surface area contributed by atoms with Gasteiger partial charge in [0.15, 0.2) is 5.69 Å². The van der Waals surface area contributed by atoms with Crippen LogP contribution in [0.25, 0.3) is 0 Å². The van der Waals surface area contributed by atoms with E-state index in [0.29, 0.717) is 18.3 Å². The Morgan fingerprint density at radius 2 is 2.62 bits per heavy atom. The zero-order valence-corrected chi connectivity index (χ0v) is 10.2. The van der Waals surface area contributed by atoms with E-state index in [-0.39, 0.29) is 5.97 Å². The first-order valence-electron chi connectivity index (χ1n) is 5.64. The molecule has 1 atom stereocenters. The molecule has 4 nitrogen and oxygen atoms in total. The lowest BCUT2D eigenvalue weighted by atomic mass is 10.2. The van der Waals surface area contributed by atoms with Gasteiger partial charge in [-0.3, -0.25) is 0 Å². The monoisotopic (exact) mass is 240 g/mol. The molecule has 1 aromatic heterocycles. The van der Waals surface area contributed by atoms with Crippen molar-refractivity contribution < 1.29 is 9.53 Å². The van der Waals surface area contributed by atoms with Crippen LogP contribution >= 0.6 is 11.3 Å². The lowest BCUT2D eigenvalue weighted by molar-refractivity contribution is 0.0520. The van der Waals surface area contributed by atoms with Gasteiger partial charge in [-0.15, -0.1) is 11.3 Å². The molecule has 0 aliphatic carbocycles. The maximum Gasteiger partial charge on any atom is 0.357 e. The second kappa shape index (κ2) is 5.41. The van der Waals surface area contributed by atoms with Crippen molar-refractivity contribution in [3.8, 4) is 0 Å². The normalized spacial score (nSPS) is 19.9. The Balaban J connectivity index is 1.93. The molecule has 0 saturated carbocycles. The number of thiazole rings is 1. The molecule has 0 bridgehead atoms. The molecule has 1 unspecified atom stereocenters. The lowest BCUT2D eigenvalue weighted by Crippen LogP contribution is -2.23. The number of carbonyl (C=O) groups is 1. The Bertz CT molecular complexity index is 359. The number of hydrogen-bond donors (Lipinski definition) is 1. The van der Waals surface area contributed by atoms with Crippen LogP contribution in [-0.2, 0) is 11.2 Å². The van der Waals surface area contributed by atoms with E-state index in [1.165, 1.54) is 24.2 Å². The molecular formula is C11H16N2O2S. The van der Waals surface area contributed by atoms with Crippen molar-refractivity contribution in [2.45, 2.75) is 32.2 Å². The molecule has 1 N–H and O–H groups in total. The van der Waals surface area contributed by atoms with Gasteiger partial charge in [-0.1, -0.05) is 0 Å². The van der Waals surface area contributed by atoms with E-state index in [1.807, 2.05) is 0 Å². The lowest BCUT2D eigenvalue weighted by Gasteiger charge is -2.06. The highest BCUT2D eigenvalue weighted by molar-refractivity contribution is 7.09. The number of carbonyl (C=O) groups excluding carboxylic acids is 1. The first-order valence-corrected chi connectivity index (χ1v) is 6.52. The summed E-state index contributed by atoms with van der Waals surface area (Å²) in [6, 6.07) is 0.529. The summed E-state index contributed by atoms with van der Waals surface area (Å²) in [6.45, 7) is 3.30. The molecule has 1 saturated heterocycles. The van der Waals surface area contributed by atoms with Gasteiger partial charge < -0.3 is 10.1 Å². The van der Waals surface area contributed by atoms with Crippen LogP contribution in [0.3, 0.4) is 0 Å². The van der Waals surface area contributed by atoms with E-state index in [2.05, 4.69) is 10.3 Å². The number of aromatic nitrogens is 1. The van der Waals surface area contributed by atoms with E-state index >= 15 is 0 Å². The molecule has 2 heterocycles. The van der Waals surface area contributed by atoms with Crippen LogP contribution in [0.15, 0.2) is 5.38 Å². The fourth-order valence-electron chi connectivity index (χ4n) is 1.85. The molecule has 0 spiro atoms. The molecule has 1 fully saturated rings. The van der Waals surface area contributed by atoms with Crippen LogP contribution in [-0.4, -0.2) is 30.1 Å². The van der Waals surface area contributed by atoms with Crippen LogP contribution in [0, 0.1) is 0 Å². The highest BCUT2D eigenvalue weighted by Crippen LogP contribution is 2.16. The highest BCUT2D eigenvalue weighted by atomic mass is 32.1. The molecule has 5 heteroatoms. The van der Waals surface area contributed by atoms with Crippen LogP contribution in [0.5, 0.6) is 0 Å². The summed E-state index contributed by atoms with van der Waals surface area (Å²) in [5.41, 5.74) is 0.444. The molecule has 0 radical (unpaired) electrons.